The molecule has 1 nitrogen and oxygen atoms in total. The van der Waals surface area contributed by atoms with E-state index in [2.05, 4.69) is 31.9 Å². The lowest BCUT2D eigenvalue weighted by Crippen LogP contribution is -2.01. The predicted octanol–water partition coefficient (Wildman–Crippen LogP) is 6.10. The maximum atomic E-state index is 10.8. The largest absolute Gasteiger partial charge is 0.384 e. The minimum atomic E-state index is -0.713. The first-order chi connectivity index (χ1) is 10.1. The van der Waals surface area contributed by atoms with Crippen molar-refractivity contribution in [1.82, 2.24) is 0 Å². The fourth-order valence-electron chi connectivity index (χ4n) is 2.41. The van der Waals surface area contributed by atoms with Crippen LogP contribution in [0.2, 0.25) is 5.02 Å². The van der Waals surface area contributed by atoms with Crippen LogP contribution in [0.5, 0.6) is 0 Å². The van der Waals surface area contributed by atoms with Gasteiger partial charge in [0.1, 0.15) is 6.10 Å². The summed E-state index contributed by atoms with van der Waals surface area (Å²) in [6.45, 7) is 0. The van der Waals surface area contributed by atoms with Crippen LogP contribution in [0.25, 0.3) is 10.8 Å². The highest BCUT2D eigenvalue weighted by Gasteiger charge is 2.17. The van der Waals surface area contributed by atoms with E-state index < -0.39 is 6.10 Å². The molecule has 0 aliphatic heterocycles. The lowest BCUT2D eigenvalue weighted by atomic mass is 9.96. The molecule has 0 fully saturated rings. The summed E-state index contributed by atoms with van der Waals surface area (Å²) in [6.07, 6.45) is -0.713. The lowest BCUT2D eigenvalue weighted by molar-refractivity contribution is 0.221. The quantitative estimate of drug-likeness (QED) is 0.525. The third-order valence-corrected chi connectivity index (χ3v) is 4.97. The minimum absolute atomic E-state index is 0.691. The molecule has 106 valence electrons. The number of benzene rings is 3. The van der Waals surface area contributed by atoms with E-state index in [4.69, 9.17) is 11.6 Å². The molecule has 21 heavy (non-hydrogen) atoms. The Bertz CT molecular complexity index is 817. The van der Waals surface area contributed by atoms with Gasteiger partial charge >= 0.3 is 0 Å². The van der Waals surface area contributed by atoms with Crippen molar-refractivity contribution in [3.8, 4) is 0 Å². The Morgan fingerprint density at radius 1 is 0.857 bits per heavy atom. The van der Waals surface area contributed by atoms with E-state index in [1.165, 1.54) is 0 Å². The van der Waals surface area contributed by atoms with E-state index in [9.17, 15) is 5.11 Å². The van der Waals surface area contributed by atoms with E-state index in [1.807, 2.05) is 54.6 Å². The van der Waals surface area contributed by atoms with E-state index in [1.54, 1.807) is 0 Å². The average Bonchev–Trinajstić information content (AvgIpc) is 2.47. The van der Waals surface area contributed by atoms with Crippen LogP contribution < -0.4 is 0 Å². The number of rotatable bonds is 2. The summed E-state index contributed by atoms with van der Waals surface area (Å²) in [5.41, 5.74) is 1.67. The van der Waals surface area contributed by atoms with Crippen molar-refractivity contribution in [3.05, 3.63) is 79.7 Å². The van der Waals surface area contributed by atoms with Gasteiger partial charge in [0.25, 0.3) is 0 Å². The van der Waals surface area contributed by atoms with Crippen molar-refractivity contribution in [2.75, 3.05) is 0 Å². The summed E-state index contributed by atoms with van der Waals surface area (Å²) in [7, 11) is 0. The van der Waals surface area contributed by atoms with Gasteiger partial charge in [-0.1, -0.05) is 79.9 Å². The molecule has 3 aromatic rings. The van der Waals surface area contributed by atoms with Crippen LogP contribution in [0.3, 0.4) is 0 Å². The van der Waals surface area contributed by atoms with Crippen LogP contribution in [-0.2, 0) is 0 Å². The molecule has 4 heteroatoms. The molecule has 0 aromatic heterocycles. The van der Waals surface area contributed by atoms with E-state index in [0.717, 1.165) is 30.8 Å². The number of halogens is 3. The Kier molecular flexibility index (Phi) is 4.36. The van der Waals surface area contributed by atoms with Crippen molar-refractivity contribution < 1.29 is 5.11 Å². The summed E-state index contributed by atoms with van der Waals surface area (Å²) in [4.78, 5) is 0. The van der Waals surface area contributed by atoms with Gasteiger partial charge in [0.2, 0.25) is 0 Å². The first-order valence-electron chi connectivity index (χ1n) is 6.38. The topological polar surface area (TPSA) is 20.2 Å². The zero-order chi connectivity index (χ0) is 15.0. The van der Waals surface area contributed by atoms with Crippen molar-refractivity contribution >= 4 is 54.2 Å². The Morgan fingerprint density at radius 3 is 2.24 bits per heavy atom. The number of fused-ring (bicyclic) bond motifs is 1. The maximum Gasteiger partial charge on any atom is 0.106 e. The number of aliphatic hydroxyl groups excluding tert-OH is 1. The van der Waals surface area contributed by atoms with Gasteiger partial charge in [-0.15, -0.1) is 0 Å². The molecule has 0 aliphatic carbocycles. The zero-order valence-corrected chi connectivity index (χ0v) is 14.8. The molecule has 3 aromatic carbocycles. The zero-order valence-electron chi connectivity index (χ0n) is 10.9. The minimum Gasteiger partial charge on any atom is -0.384 e. The first kappa shape index (κ1) is 15.0. The smallest absolute Gasteiger partial charge is 0.106 e. The highest BCUT2D eigenvalue weighted by molar-refractivity contribution is 9.11. The van der Waals surface area contributed by atoms with Crippen LogP contribution in [0, 0.1) is 0 Å². The monoisotopic (exact) mass is 424 g/mol. The van der Waals surface area contributed by atoms with E-state index in [-0.39, 0.29) is 0 Å². The molecule has 0 bridgehead atoms. The summed E-state index contributed by atoms with van der Waals surface area (Å²) >= 11 is 13.2. The summed E-state index contributed by atoms with van der Waals surface area (Å²) in [6, 6.07) is 17.3. The van der Waals surface area contributed by atoms with Crippen LogP contribution in [-0.4, -0.2) is 5.11 Å². The second-order valence-corrected chi connectivity index (χ2v) is 6.93. The fourth-order valence-corrected chi connectivity index (χ4v) is 3.91. The number of aliphatic hydroxyl groups is 1. The summed E-state index contributed by atoms with van der Waals surface area (Å²) in [5, 5.41) is 13.4. The standard InChI is InChI=1S/C17H11Br2ClO/c18-10-5-6-14(15(19)9-10)17(21)13-7-8-16(20)12-4-2-1-3-11(12)13/h1-9,17,21H. The van der Waals surface area contributed by atoms with Gasteiger partial charge < -0.3 is 5.11 Å². The Balaban J connectivity index is 2.18. The van der Waals surface area contributed by atoms with Crippen molar-refractivity contribution in [2.45, 2.75) is 6.10 Å². The van der Waals surface area contributed by atoms with Gasteiger partial charge in [0.05, 0.1) is 0 Å². The second kappa shape index (κ2) is 6.09. The first-order valence-corrected chi connectivity index (χ1v) is 8.34. The molecule has 0 saturated heterocycles. The van der Waals surface area contributed by atoms with Crippen molar-refractivity contribution in [3.63, 3.8) is 0 Å². The molecule has 3 rings (SSSR count). The molecule has 1 unspecified atom stereocenters. The third kappa shape index (κ3) is 2.88. The molecule has 0 radical (unpaired) electrons. The number of hydrogen-bond donors (Lipinski definition) is 1. The van der Waals surface area contributed by atoms with Crippen molar-refractivity contribution in [1.29, 1.82) is 0 Å². The van der Waals surface area contributed by atoms with E-state index >= 15 is 0 Å². The molecular formula is C17H11Br2ClO. The van der Waals surface area contributed by atoms with Crippen molar-refractivity contribution in [2.24, 2.45) is 0 Å². The maximum absolute atomic E-state index is 10.8. The fraction of sp³-hybridized carbons (Fsp3) is 0.0588. The normalized spacial score (nSPS) is 12.6. The van der Waals surface area contributed by atoms with Crippen LogP contribution in [0.15, 0.2) is 63.5 Å². The van der Waals surface area contributed by atoms with Gasteiger partial charge in [-0.2, -0.15) is 0 Å². The summed E-state index contributed by atoms with van der Waals surface area (Å²) < 4.78 is 1.83. The SMILES string of the molecule is OC(c1ccc(Br)cc1Br)c1ccc(Cl)c2ccccc12. The van der Waals surface area contributed by atoms with Gasteiger partial charge in [-0.25, -0.2) is 0 Å². The van der Waals surface area contributed by atoms with Crippen LogP contribution in [0.1, 0.15) is 17.2 Å². The van der Waals surface area contributed by atoms with Gasteiger partial charge in [-0.05, 0) is 34.7 Å². The van der Waals surface area contributed by atoms with Gasteiger partial charge in [-0.3, -0.25) is 0 Å². The van der Waals surface area contributed by atoms with E-state index in [0.29, 0.717) is 5.02 Å². The summed E-state index contributed by atoms with van der Waals surface area (Å²) in [5.74, 6) is 0. The molecule has 0 amide bonds. The molecule has 0 heterocycles. The molecular weight excluding hydrogens is 415 g/mol. The van der Waals surface area contributed by atoms with Gasteiger partial charge in [0.15, 0.2) is 0 Å². The Hall–Kier alpha value is -0.870. The van der Waals surface area contributed by atoms with Gasteiger partial charge in [0, 0.05) is 19.4 Å². The highest BCUT2D eigenvalue weighted by atomic mass is 79.9. The Morgan fingerprint density at radius 2 is 1.52 bits per heavy atom. The Labute approximate surface area is 144 Å². The lowest BCUT2D eigenvalue weighted by Gasteiger charge is -2.16. The molecule has 0 saturated carbocycles. The number of hydrogen-bond acceptors (Lipinski definition) is 1. The molecule has 1 N–H and O–H groups in total. The molecule has 1 atom stereocenters. The molecule has 0 aliphatic rings. The predicted molar refractivity (Wildman–Crippen MR) is 94.9 cm³/mol. The second-order valence-electron chi connectivity index (χ2n) is 4.75. The highest BCUT2D eigenvalue weighted by Crippen LogP contribution is 2.36. The van der Waals surface area contributed by atoms with Crippen LogP contribution in [0.4, 0.5) is 0 Å². The average molecular weight is 427 g/mol. The molecule has 0 spiro atoms. The third-order valence-electron chi connectivity index (χ3n) is 3.46. The van der Waals surface area contributed by atoms with Crippen LogP contribution >= 0.6 is 43.5 Å².